The van der Waals surface area contributed by atoms with E-state index in [0.29, 0.717) is 5.02 Å². The fourth-order valence-corrected chi connectivity index (χ4v) is 5.25. The van der Waals surface area contributed by atoms with Crippen molar-refractivity contribution in [3.8, 4) is 11.1 Å². The summed E-state index contributed by atoms with van der Waals surface area (Å²) in [5.41, 5.74) is 3.51. The largest absolute Gasteiger partial charge is 0.376 e. The van der Waals surface area contributed by atoms with Gasteiger partial charge in [-0.25, -0.2) is 0 Å². The first kappa shape index (κ1) is 17.6. The van der Waals surface area contributed by atoms with Crippen LogP contribution >= 0.6 is 23.4 Å². The molecule has 0 atom stereocenters. The Bertz CT molecular complexity index is 1120. The van der Waals surface area contributed by atoms with Crippen LogP contribution in [-0.2, 0) is 5.60 Å². The topological polar surface area (TPSA) is 20.2 Å². The molecule has 0 unspecified atom stereocenters. The van der Waals surface area contributed by atoms with E-state index in [4.69, 9.17) is 11.6 Å². The molecule has 0 radical (unpaired) electrons. The number of rotatable bonds is 2. The summed E-state index contributed by atoms with van der Waals surface area (Å²) in [5.74, 6) is 0. The Kier molecular flexibility index (Phi) is 4.28. The lowest BCUT2D eigenvalue weighted by atomic mass is 9.77. The standard InChI is InChI=1S/C25H17ClOS/c26-18-15-13-17(14-16-18)19-7-1-2-8-20(19)25(27)21-9-3-5-11-23(21)28-24-12-6-4-10-22(24)25/h1-16,27H. The summed E-state index contributed by atoms with van der Waals surface area (Å²) in [6, 6.07) is 32.1. The molecule has 1 nitrogen and oxygen atoms in total. The fraction of sp³-hybridized carbons (Fsp3) is 0.0400. The van der Waals surface area contributed by atoms with Gasteiger partial charge >= 0.3 is 0 Å². The summed E-state index contributed by atoms with van der Waals surface area (Å²) in [6.07, 6.45) is 0. The zero-order valence-corrected chi connectivity index (χ0v) is 16.5. The second-order valence-electron chi connectivity index (χ2n) is 6.86. The second kappa shape index (κ2) is 6.82. The van der Waals surface area contributed by atoms with E-state index in [0.717, 1.165) is 37.6 Å². The van der Waals surface area contributed by atoms with Gasteiger partial charge in [-0.1, -0.05) is 96.2 Å². The molecule has 0 aromatic heterocycles. The van der Waals surface area contributed by atoms with Gasteiger partial charge in [0, 0.05) is 31.5 Å². The van der Waals surface area contributed by atoms with Crippen LogP contribution in [0, 0.1) is 0 Å². The van der Waals surface area contributed by atoms with E-state index in [-0.39, 0.29) is 0 Å². The van der Waals surface area contributed by atoms with Gasteiger partial charge in [0.05, 0.1) is 0 Å². The highest BCUT2D eigenvalue weighted by Crippen LogP contribution is 2.52. The molecule has 3 heteroatoms. The monoisotopic (exact) mass is 400 g/mol. The van der Waals surface area contributed by atoms with Crippen LogP contribution < -0.4 is 0 Å². The molecule has 4 aromatic rings. The number of halogens is 1. The van der Waals surface area contributed by atoms with E-state index in [9.17, 15) is 5.11 Å². The Morgan fingerprint density at radius 3 is 1.71 bits per heavy atom. The second-order valence-corrected chi connectivity index (χ2v) is 8.38. The summed E-state index contributed by atoms with van der Waals surface area (Å²) in [4.78, 5) is 2.16. The van der Waals surface area contributed by atoms with Crippen molar-refractivity contribution in [3.05, 3.63) is 119 Å². The summed E-state index contributed by atoms with van der Waals surface area (Å²) < 4.78 is 0. The van der Waals surface area contributed by atoms with Gasteiger partial charge in [-0.05, 0) is 35.4 Å². The molecule has 0 amide bonds. The molecule has 28 heavy (non-hydrogen) atoms. The van der Waals surface area contributed by atoms with Crippen molar-refractivity contribution in [1.82, 2.24) is 0 Å². The van der Waals surface area contributed by atoms with Crippen molar-refractivity contribution in [2.45, 2.75) is 15.4 Å². The predicted molar refractivity (Wildman–Crippen MR) is 116 cm³/mol. The maximum atomic E-state index is 12.3. The summed E-state index contributed by atoms with van der Waals surface area (Å²) in [7, 11) is 0. The summed E-state index contributed by atoms with van der Waals surface area (Å²) >= 11 is 7.80. The third-order valence-corrected chi connectivity index (χ3v) is 6.65. The molecule has 0 bridgehead atoms. The number of hydrogen-bond acceptors (Lipinski definition) is 2. The van der Waals surface area contributed by atoms with Crippen LogP contribution in [0.5, 0.6) is 0 Å². The highest BCUT2D eigenvalue weighted by atomic mass is 35.5. The van der Waals surface area contributed by atoms with E-state index in [2.05, 4.69) is 18.2 Å². The molecule has 1 heterocycles. The number of benzene rings is 4. The Hall–Kier alpha value is -2.52. The lowest BCUT2D eigenvalue weighted by Crippen LogP contribution is -2.32. The number of hydrogen-bond donors (Lipinski definition) is 1. The molecule has 5 rings (SSSR count). The highest BCUT2D eigenvalue weighted by molar-refractivity contribution is 7.99. The van der Waals surface area contributed by atoms with Crippen LogP contribution in [0.2, 0.25) is 5.02 Å². The minimum Gasteiger partial charge on any atom is -0.376 e. The van der Waals surface area contributed by atoms with Gasteiger partial charge in [0.2, 0.25) is 0 Å². The first-order valence-electron chi connectivity index (χ1n) is 9.12. The molecule has 0 saturated carbocycles. The zero-order chi connectivity index (χ0) is 19.1. The van der Waals surface area contributed by atoms with Crippen LogP contribution in [0.15, 0.2) is 107 Å². The lowest BCUT2D eigenvalue weighted by molar-refractivity contribution is 0.119. The Morgan fingerprint density at radius 1 is 0.607 bits per heavy atom. The molecule has 0 fully saturated rings. The Labute approximate surface area is 173 Å². The quantitative estimate of drug-likeness (QED) is 0.401. The van der Waals surface area contributed by atoms with Crippen molar-refractivity contribution >= 4 is 23.4 Å². The Balaban J connectivity index is 1.82. The van der Waals surface area contributed by atoms with Gasteiger partial charge in [0.25, 0.3) is 0 Å². The smallest absolute Gasteiger partial charge is 0.143 e. The molecule has 0 saturated heterocycles. The SMILES string of the molecule is OC1(c2ccccc2-c2ccc(Cl)cc2)c2ccccc2Sc2ccccc21. The lowest BCUT2D eigenvalue weighted by Gasteiger charge is -2.37. The van der Waals surface area contributed by atoms with Crippen LogP contribution in [0.4, 0.5) is 0 Å². The maximum absolute atomic E-state index is 12.3. The minimum absolute atomic E-state index is 0.699. The highest BCUT2D eigenvalue weighted by Gasteiger charge is 2.42. The van der Waals surface area contributed by atoms with E-state index >= 15 is 0 Å². The normalized spacial score (nSPS) is 14.2. The molecule has 4 aromatic carbocycles. The van der Waals surface area contributed by atoms with Crippen LogP contribution in [0.1, 0.15) is 16.7 Å². The van der Waals surface area contributed by atoms with Gasteiger partial charge in [0.15, 0.2) is 0 Å². The minimum atomic E-state index is -1.23. The van der Waals surface area contributed by atoms with E-state index in [1.807, 2.05) is 78.9 Å². The van der Waals surface area contributed by atoms with Crippen LogP contribution in [-0.4, -0.2) is 5.11 Å². The third-order valence-electron chi connectivity index (χ3n) is 5.25. The maximum Gasteiger partial charge on any atom is 0.143 e. The van der Waals surface area contributed by atoms with Gasteiger partial charge in [-0.15, -0.1) is 0 Å². The first-order valence-corrected chi connectivity index (χ1v) is 10.3. The molecule has 0 aliphatic carbocycles. The molecule has 136 valence electrons. The van der Waals surface area contributed by atoms with E-state index in [1.165, 1.54) is 0 Å². The van der Waals surface area contributed by atoms with Crippen LogP contribution in [0.25, 0.3) is 11.1 Å². The van der Waals surface area contributed by atoms with E-state index < -0.39 is 5.60 Å². The van der Waals surface area contributed by atoms with Crippen LogP contribution in [0.3, 0.4) is 0 Å². The van der Waals surface area contributed by atoms with Crippen molar-refractivity contribution in [3.63, 3.8) is 0 Å². The fourth-order valence-electron chi connectivity index (χ4n) is 3.94. The van der Waals surface area contributed by atoms with Crippen molar-refractivity contribution < 1.29 is 5.11 Å². The number of aliphatic hydroxyl groups is 1. The van der Waals surface area contributed by atoms with Crippen molar-refractivity contribution in [2.75, 3.05) is 0 Å². The molecular formula is C25H17ClOS. The average molecular weight is 401 g/mol. The summed E-state index contributed by atoms with van der Waals surface area (Å²) in [5, 5.41) is 13.0. The summed E-state index contributed by atoms with van der Waals surface area (Å²) in [6.45, 7) is 0. The molecular weight excluding hydrogens is 384 g/mol. The average Bonchev–Trinajstić information content (AvgIpc) is 2.75. The molecule has 1 aliphatic heterocycles. The molecule has 0 spiro atoms. The van der Waals surface area contributed by atoms with E-state index in [1.54, 1.807) is 11.8 Å². The number of fused-ring (bicyclic) bond motifs is 2. The van der Waals surface area contributed by atoms with Gasteiger partial charge < -0.3 is 5.11 Å². The van der Waals surface area contributed by atoms with Crippen molar-refractivity contribution in [2.24, 2.45) is 0 Å². The zero-order valence-electron chi connectivity index (χ0n) is 15.0. The Morgan fingerprint density at radius 2 is 1.11 bits per heavy atom. The first-order chi connectivity index (χ1) is 13.7. The van der Waals surface area contributed by atoms with Gasteiger partial charge in [-0.2, -0.15) is 0 Å². The molecule has 1 aliphatic rings. The third kappa shape index (κ3) is 2.68. The van der Waals surface area contributed by atoms with Crippen molar-refractivity contribution in [1.29, 1.82) is 0 Å². The predicted octanol–water partition coefficient (Wildman–Crippen LogP) is 6.76. The van der Waals surface area contributed by atoms with Gasteiger partial charge in [-0.3, -0.25) is 0 Å². The van der Waals surface area contributed by atoms with Gasteiger partial charge in [0.1, 0.15) is 5.60 Å². The molecule has 1 N–H and O–H groups in total.